The lowest BCUT2D eigenvalue weighted by Crippen LogP contribution is -2.13. The fourth-order valence-electron chi connectivity index (χ4n) is 1.53. The third kappa shape index (κ3) is 3.97. The van der Waals surface area contributed by atoms with E-state index in [2.05, 4.69) is 20.7 Å². The lowest BCUT2D eigenvalue weighted by molar-refractivity contribution is 0.601. The molecule has 0 radical (unpaired) electrons. The van der Waals surface area contributed by atoms with Crippen LogP contribution in [0.5, 0.6) is 0 Å². The summed E-state index contributed by atoms with van der Waals surface area (Å²) in [6, 6.07) is 11.6. The van der Waals surface area contributed by atoms with Crippen LogP contribution in [-0.2, 0) is 19.1 Å². The van der Waals surface area contributed by atoms with E-state index in [0.717, 1.165) is 0 Å². The summed E-state index contributed by atoms with van der Waals surface area (Å²) >= 11 is 3.11. The number of benzene rings is 2. The van der Waals surface area contributed by atoms with Gasteiger partial charge in [0.1, 0.15) is 0 Å². The maximum atomic E-state index is 12.2. The van der Waals surface area contributed by atoms with Gasteiger partial charge in [-0.3, -0.25) is 4.72 Å². The van der Waals surface area contributed by atoms with E-state index in [1.54, 1.807) is 18.2 Å². The Balaban J connectivity index is 2.37. The van der Waals surface area contributed by atoms with Crippen LogP contribution in [0.3, 0.4) is 0 Å². The highest BCUT2D eigenvalue weighted by Crippen LogP contribution is 2.29. The Morgan fingerprint density at radius 1 is 0.905 bits per heavy atom. The predicted molar refractivity (Wildman–Crippen MR) is 84.4 cm³/mol. The van der Waals surface area contributed by atoms with Crippen LogP contribution in [0.15, 0.2) is 62.8 Å². The van der Waals surface area contributed by atoms with Gasteiger partial charge in [-0.05, 0) is 46.3 Å². The van der Waals surface area contributed by atoms with Crippen molar-refractivity contribution in [3.8, 4) is 0 Å². The summed E-state index contributed by atoms with van der Waals surface area (Å²) in [6.45, 7) is 0. The molecule has 0 aliphatic carbocycles. The molecule has 0 saturated carbocycles. The molecule has 0 aromatic heterocycles. The van der Waals surface area contributed by atoms with Crippen LogP contribution in [-0.4, -0.2) is 16.8 Å². The van der Waals surface area contributed by atoms with Crippen molar-refractivity contribution in [3.63, 3.8) is 0 Å². The Morgan fingerprint density at radius 3 is 2.05 bits per heavy atom. The summed E-state index contributed by atoms with van der Waals surface area (Å²) in [5.74, 6) is 0. The van der Waals surface area contributed by atoms with Gasteiger partial charge in [0.15, 0.2) is 0 Å². The molecule has 0 heterocycles. The lowest BCUT2D eigenvalue weighted by Gasteiger charge is -2.10. The third-order valence-corrected chi connectivity index (χ3v) is 5.91. The minimum atomic E-state index is -3.87. The van der Waals surface area contributed by atoms with Crippen molar-refractivity contribution in [1.82, 2.24) is 0 Å². The summed E-state index contributed by atoms with van der Waals surface area (Å²) < 4.78 is 49.4. The van der Waals surface area contributed by atoms with Crippen LogP contribution in [0.25, 0.3) is 0 Å². The number of halogens is 2. The monoisotopic (exact) mass is 409 g/mol. The summed E-state index contributed by atoms with van der Waals surface area (Å²) in [5, 5.41) is 0. The van der Waals surface area contributed by atoms with Gasteiger partial charge in [-0.25, -0.2) is 16.8 Å². The topological polar surface area (TPSA) is 80.3 Å². The Hall–Kier alpha value is -1.09. The summed E-state index contributed by atoms with van der Waals surface area (Å²) in [7, 11) is -2.39. The molecule has 2 aromatic rings. The number of hydrogen-bond acceptors (Lipinski definition) is 4. The average Bonchev–Trinajstić information content (AvgIpc) is 2.41. The van der Waals surface area contributed by atoms with Gasteiger partial charge in [-0.2, -0.15) is 0 Å². The number of hydrogen-bond donors (Lipinski definition) is 1. The van der Waals surface area contributed by atoms with Crippen molar-refractivity contribution in [3.05, 3.63) is 53.0 Å². The molecule has 1 N–H and O–H groups in total. The molecule has 0 amide bonds. The second-order valence-electron chi connectivity index (χ2n) is 4.00. The Morgan fingerprint density at radius 2 is 1.52 bits per heavy atom. The van der Waals surface area contributed by atoms with Crippen molar-refractivity contribution in [1.29, 1.82) is 0 Å². The molecule has 0 aliphatic rings. The van der Waals surface area contributed by atoms with Crippen LogP contribution < -0.4 is 4.72 Å². The maximum Gasteiger partial charge on any atom is 0.261 e. The van der Waals surface area contributed by atoms with Gasteiger partial charge in [-0.1, -0.05) is 18.2 Å². The fourth-order valence-corrected chi connectivity index (χ4v) is 4.17. The van der Waals surface area contributed by atoms with Crippen LogP contribution in [0.1, 0.15) is 0 Å². The van der Waals surface area contributed by atoms with Crippen molar-refractivity contribution < 1.29 is 16.8 Å². The van der Waals surface area contributed by atoms with Gasteiger partial charge in [0, 0.05) is 15.2 Å². The van der Waals surface area contributed by atoms with Gasteiger partial charge in [0.05, 0.1) is 15.5 Å². The first-order chi connectivity index (χ1) is 9.70. The zero-order valence-corrected chi connectivity index (χ0v) is 14.3. The van der Waals surface area contributed by atoms with Crippen LogP contribution in [0.4, 0.5) is 5.69 Å². The molecule has 2 rings (SSSR count). The van der Waals surface area contributed by atoms with E-state index in [4.69, 9.17) is 10.7 Å². The highest BCUT2D eigenvalue weighted by atomic mass is 79.9. The Kier molecular flexibility index (Phi) is 4.62. The van der Waals surface area contributed by atoms with Gasteiger partial charge >= 0.3 is 0 Å². The molecule has 112 valence electrons. The quantitative estimate of drug-likeness (QED) is 0.785. The molecule has 5 nitrogen and oxygen atoms in total. The van der Waals surface area contributed by atoms with Crippen molar-refractivity contribution in [2.45, 2.75) is 9.79 Å². The molecule has 0 unspecified atom stereocenters. The molecule has 9 heteroatoms. The van der Waals surface area contributed by atoms with E-state index in [9.17, 15) is 16.8 Å². The summed E-state index contributed by atoms with van der Waals surface area (Å²) in [6.07, 6.45) is 0. The first-order valence-corrected chi connectivity index (χ1v) is 10.1. The van der Waals surface area contributed by atoms with Crippen molar-refractivity contribution >= 4 is 51.4 Å². The zero-order valence-electron chi connectivity index (χ0n) is 10.3. The smallest absolute Gasteiger partial charge is 0.261 e. The molecule has 0 spiro atoms. The number of nitrogens with one attached hydrogen (secondary N) is 1. The molecule has 0 aliphatic heterocycles. The molecule has 0 fully saturated rings. The highest BCUT2D eigenvalue weighted by molar-refractivity contribution is 9.10. The summed E-state index contributed by atoms with van der Waals surface area (Å²) in [4.78, 5) is -0.0235. The van der Waals surface area contributed by atoms with Gasteiger partial charge in [0.25, 0.3) is 19.1 Å². The largest absolute Gasteiger partial charge is 0.278 e. The Bertz CT molecular complexity index is 867. The van der Waals surface area contributed by atoms with Crippen molar-refractivity contribution in [2.24, 2.45) is 0 Å². The van der Waals surface area contributed by atoms with Crippen LogP contribution in [0, 0.1) is 0 Å². The molecule has 21 heavy (non-hydrogen) atoms. The lowest BCUT2D eigenvalue weighted by atomic mass is 10.3. The normalized spacial score (nSPS) is 12.1. The first kappa shape index (κ1) is 16.3. The zero-order chi connectivity index (χ0) is 15.7. The fraction of sp³-hybridized carbons (Fsp3) is 0. The standard InChI is InChI=1S/C12H9BrClNO4S2/c13-11-8-10(20(14,16)17)6-7-12(11)15-21(18,19)9-4-2-1-3-5-9/h1-8,15H. The number of anilines is 1. The highest BCUT2D eigenvalue weighted by Gasteiger charge is 2.17. The third-order valence-electron chi connectivity index (χ3n) is 2.52. The number of rotatable bonds is 4. The van der Waals surface area contributed by atoms with Crippen molar-refractivity contribution in [2.75, 3.05) is 4.72 Å². The average molecular weight is 411 g/mol. The molecule has 2 aromatic carbocycles. The van der Waals surface area contributed by atoms with Gasteiger partial charge < -0.3 is 0 Å². The van der Waals surface area contributed by atoms with Gasteiger partial charge in [0.2, 0.25) is 0 Å². The molecule has 0 bridgehead atoms. The second-order valence-corrected chi connectivity index (χ2v) is 9.10. The second kappa shape index (κ2) is 5.96. The molecule has 0 atom stereocenters. The minimum Gasteiger partial charge on any atom is -0.278 e. The maximum absolute atomic E-state index is 12.2. The predicted octanol–water partition coefficient (Wildman–Crippen LogP) is 3.18. The molecular weight excluding hydrogens is 402 g/mol. The Labute approximate surface area is 135 Å². The SMILES string of the molecule is O=S(=O)(Cl)c1ccc(NS(=O)(=O)c2ccccc2)c(Br)c1. The minimum absolute atomic E-state index is 0.103. The number of sulfonamides is 1. The van der Waals surface area contributed by atoms with E-state index in [-0.39, 0.29) is 20.0 Å². The molecular formula is C12H9BrClNO4S2. The van der Waals surface area contributed by atoms with E-state index < -0.39 is 19.1 Å². The van der Waals surface area contributed by atoms with E-state index in [1.165, 1.54) is 30.3 Å². The van der Waals surface area contributed by atoms with Crippen LogP contribution >= 0.6 is 26.6 Å². The first-order valence-electron chi connectivity index (χ1n) is 5.52. The summed E-state index contributed by atoms with van der Waals surface area (Å²) in [5.41, 5.74) is 0.211. The van der Waals surface area contributed by atoms with E-state index in [0.29, 0.717) is 0 Å². The van der Waals surface area contributed by atoms with E-state index in [1.807, 2.05) is 0 Å². The molecule has 0 saturated heterocycles. The van der Waals surface area contributed by atoms with Gasteiger partial charge in [-0.15, -0.1) is 0 Å². The van der Waals surface area contributed by atoms with E-state index >= 15 is 0 Å². The van der Waals surface area contributed by atoms with Crippen LogP contribution in [0.2, 0.25) is 0 Å².